The van der Waals surface area contributed by atoms with Crippen molar-refractivity contribution in [2.24, 2.45) is 0 Å². The molecule has 1 saturated carbocycles. The van der Waals surface area contributed by atoms with Crippen molar-refractivity contribution in [3.63, 3.8) is 0 Å². The van der Waals surface area contributed by atoms with Gasteiger partial charge >= 0.3 is 10.2 Å². The highest BCUT2D eigenvalue weighted by Crippen LogP contribution is 2.34. The van der Waals surface area contributed by atoms with Crippen LogP contribution in [0.1, 0.15) is 38.1 Å². The molecule has 0 amide bonds. The maximum atomic E-state index is 12.8. The van der Waals surface area contributed by atoms with Crippen molar-refractivity contribution < 1.29 is 8.42 Å². The van der Waals surface area contributed by atoms with E-state index in [1.54, 1.807) is 0 Å². The average molecular weight is 441 g/mol. The maximum Gasteiger partial charge on any atom is 0.307 e. The van der Waals surface area contributed by atoms with E-state index >= 15 is 0 Å². The molecule has 162 valence electrons. The summed E-state index contributed by atoms with van der Waals surface area (Å²) < 4.78 is 30.0. The van der Waals surface area contributed by atoms with Gasteiger partial charge < -0.3 is 9.55 Å². The van der Waals surface area contributed by atoms with E-state index in [9.17, 15) is 13.2 Å². The monoisotopic (exact) mass is 440 g/mol. The zero-order valence-corrected chi connectivity index (χ0v) is 18.3. The number of aromatic nitrogens is 5. The summed E-state index contributed by atoms with van der Waals surface area (Å²) in [6.45, 7) is 0. The van der Waals surface area contributed by atoms with Gasteiger partial charge in [-0.05, 0) is 30.5 Å². The molecule has 1 aliphatic carbocycles. The summed E-state index contributed by atoms with van der Waals surface area (Å²) in [5, 5.41) is 0. The molecule has 0 saturated heterocycles. The predicted molar refractivity (Wildman–Crippen MR) is 119 cm³/mol. The van der Waals surface area contributed by atoms with Crippen LogP contribution in [-0.4, -0.2) is 50.3 Å². The number of hydrogen-bond donors (Lipinski definition) is 1. The van der Waals surface area contributed by atoms with E-state index in [-0.39, 0.29) is 5.52 Å². The van der Waals surface area contributed by atoms with E-state index in [1.807, 2.05) is 24.5 Å². The van der Waals surface area contributed by atoms with Crippen molar-refractivity contribution in [1.29, 1.82) is 0 Å². The average Bonchev–Trinajstić information content (AvgIpc) is 3.36. The van der Waals surface area contributed by atoms with E-state index in [1.165, 1.54) is 45.9 Å². The van der Waals surface area contributed by atoms with Crippen LogP contribution in [0.2, 0.25) is 0 Å². The van der Waals surface area contributed by atoms with Gasteiger partial charge in [0.1, 0.15) is 11.0 Å². The van der Waals surface area contributed by atoms with Gasteiger partial charge in [0, 0.05) is 31.9 Å². The Labute approximate surface area is 179 Å². The van der Waals surface area contributed by atoms with Crippen LogP contribution in [0.25, 0.3) is 33.2 Å². The highest BCUT2D eigenvalue weighted by molar-refractivity contribution is 7.87. The van der Waals surface area contributed by atoms with Gasteiger partial charge in [-0.3, -0.25) is 4.79 Å². The second-order valence-electron chi connectivity index (χ2n) is 8.20. The van der Waals surface area contributed by atoms with E-state index in [0.29, 0.717) is 17.1 Å². The Morgan fingerprint density at radius 2 is 1.90 bits per heavy atom. The molecule has 0 bridgehead atoms. The van der Waals surface area contributed by atoms with E-state index in [4.69, 9.17) is 0 Å². The first-order valence-corrected chi connectivity index (χ1v) is 11.8. The molecule has 1 N–H and O–H groups in total. The van der Waals surface area contributed by atoms with E-state index in [2.05, 4.69) is 19.5 Å². The summed E-state index contributed by atoms with van der Waals surface area (Å²) in [6.07, 6.45) is 10.7. The van der Waals surface area contributed by atoms with Crippen molar-refractivity contribution in [3.05, 3.63) is 47.4 Å². The summed E-state index contributed by atoms with van der Waals surface area (Å²) >= 11 is 0. The minimum absolute atomic E-state index is 0.000896. The van der Waals surface area contributed by atoms with Gasteiger partial charge in [-0.1, -0.05) is 25.3 Å². The van der Waals surface area contributed by atoms with Crippen molar-refractivity contribution in [1.82, 2.24) is 27.8 Å². The number of fused-ring (bicyclic) bond motifs is 2. The number of aromatic amines is 1. The van der Waals surface area contributed by atoms with Crippen molar-refractivity contribution in [2.75, 3.05) is 14.1 Å². The van der Waals surface area contributed by atoms with Gasteiger partial charge in [-0.15, -0.1) is 0 Å². The molecular formula is C21H24N6O3S. The lowest BCUT2D eigenvalue weighted by molar-refractivity contribution is 0.359. The lowest BCUT2D eigenvalue weighted by atomic mass is 9.95. The number of imidazole rings is 1. The highest BCUT2D eigenvalue weighted by Gasteiger charge is 2.25. The normalized spacial score (nSPS) is 16.0. The van der Waals surface area contributed by atoms with Crippen LogP contribution in [0.3, 0.4) is 0 Å². The molecule has 0 atom stereocenters. The molecular weight excluding hydrogens is 416 g/mol. The van der Waals surface area contributed by atoms with Crippen LogP contribution in [0, 0.1) is 0 Å². The van der Waals surface area contributed by atoms with Crippen LogP contribution in [0.4, 0.5) is 0 Å². The molecule has 10 heteroatoms. The largest absolute Gasteiger partial charge is 0.327 e. The summed E-state index contributed by atoms with van der Waals surface area (Å²) in [4.78, 5) is 23.9. The fourth-order valence-corrected chi connectivity index (χ4v) is 5.45. The van der Waals surface area contributed by atoms with Gasteiger partial charge in [-0.2, -0.15) is 12.7 Å². The molecule has 31 heavy (non-hydrogen) atoms. The molecule has 0 spiro atoms. The molecule has 5 rings (SSSR count). The fourth-order valence-electron chi connectivity index (χ4n) is 4.46. The van der Waals surface area contributed by atoms with Crippen molar-refractivity contribution in [2.45, 2.75) is 38.1 Å². The summed E-state index contributed by atoms with van der Waals surface area (Å²) in [7, 11) is -1.04. The van der Waals surface area contributed by atoms with Crippen molar-refractivity contribution in [3.8, 4) is 11.1 Å². The molecule has 3 aromatic heterocycles. The minimum Gasteiger partial charge on any atom is -0.327 e. The smallest absolute Gasteiger partial charge is 0.307 e. The molecule has 3 heterocycles. The zero-order valence-electron chi connectivity index (χ0n) is 17.4. The van der Waals surface area contributed by atoms with Gasteiger partial charge in [0.2, 0.25) is 0 Å². The Balaban J connectivity index is 1.68. The van der Waals surface area contributed by atoms with Crippen LogP contribution in [-0.2, 0) is 10.2 Å². The third-order valence-electron chi connectivity index (χ3n) is 6.11. The van der Waals surface area contributed by atoms with Crippen LogP contribution in [0.15, 0.2) is 41.8 Å². The third kappa shape index (κ3) is 3.17. The Hall–Kier alpha value is -2.98. The van der Waals surface area contributed by atoms with E-state index in [0.717, 1.165) is 37.7 Å². The number of H-pyrrole nitrogens is 1. The molecule has 0 aliphatic heterocycles. The SMILES string of the molecule is CN(C)S(=O)(=O)n1cc(-c2ccc3c(c2)ncn3C2CCCCC2)c2nc[nH]c(=O)c21. The van der Waals surface area contributed by atoms with Gasteiger partial charge in [-0.25, -0.2) is 13.9 Å². The number of nitrogens with one attached hydrogen (secondary N) is 1. The Morgan fingerprint density at radius 1 is 1.13 bits per heavy atom. The van der Waals surface area contributed by atoms with Gasteiger partial charge in [0.15, 0.2) is 0 Å². The van der Waals surface area contributed by atoms with Crippen LogP contribution in [0.5, 0.6) is 0 Å². The van der Waals surface area contributed by atoms with Gasteiger partial charge in [0.25, 0.3) is 5.56 Å². The summed E-state index contributed by atoms with van der Waals surface area (Å²) in [6, 6.07) is 6.35. The zero-order chi connectivity index (χ0) is 21.8. The molecule has 0 radical (unpaired) electrons. The molecule has 4 aromatic rings. The lowest BCUT2D eigenvalue weighted by Crippen LogP contribution is -2.29. The second-order valence-corrected chi connectivity index (χ2v) is 10.2. The number of benzene rings is 1. The lowest BCUT2D eigenvalue weighted by Gasteiger charge is -2.23. The second kappa shape index (κ2) is 7.31. The van der Waals surface area contributed by atoms with Crippen molar-refractivity contribution >= 4 is 32.3 Å². The maximum absolute atomic E-state index is 12.8. The highest BCUT2D eigenvalue weighted by atomic mass is 32.2. The molecule has 9 nitrogen and oxygen atoms in total. The van der Waals surface area contributed by atoms with Gasteiger partial charge in [0.05, 0.1) is 23.7 Å². The number of rotatable bonds is 4. The Bertz CT molecular complexity index is 1440. The molecule has 1 aromatic carbocycles. The molecule has 0 unspecified atom stereocenters. The molecule has 1 fully saturated rings. The summed E-state index contributed by atoms with van der Waals surface area (Å²) in [5.74, 6) is 0. The third-order valence-corrected chi connectivity index (χ3v) is 7.82. The Kier molecular flexibility index (Phi) is 4.71. The Morgan fingerprint density at radius 3 is 2.65 bits per heavy atom. The first kappa shape index (κ1) is 20.0. The number of hydrogen-bond acceptors (Lipinski definition) is 5. The fraction of sp³-hybridized carbons (Fsp3) is 0.381. The van der Waals surface area contributed by atoms with Crippen LogP contribution >= 0.6 is 0 Å². The first-order chi connectivity index (χ1) is 14.9. The van der Waals surface area contributed by atoms with E-state index < -0.39 is 15.8 Å². The summed E-state index contributed by atoms with van der Waals surface area (Å²) in [5.41, 5.74) is 3.05. The van der Waals surface area contributed by atoms with Crippen LogP contribution < -0.4 is 5.56 Å². The quantitative estimate of drug-likeness (QED) is 0.525. The number of nitrogens with zero attached hydrogens (tertiary/aromatic N) is 5. The standard InChI is InChI=1S/C21H24N6O3S/c1-25(2)31(29,30)27-11-16(19-20(27)21(28)23-12-22-19)14-8-9-18-17(10-14)24-13-26(18)15-6-4-3-5-7-15/h8-13,15H,3-7H2,1-2H3,(H,22,23,28). The molecule has 1 aliphatic rings. The topological polar surface area (TPSA) is 106 Å². The first-order valence-electron chi connectivity index (χ1n) is 10.4. The minimum atomic E-state index is -3.90. The predicted octanol–water partition coefficient (Wildman–Crippen LogP) is 2.90.